The van der Waals surface area contributed by atoms with Crippen LogP contribution in [-0.4, -0.2) is 37.5 Å². The van der Waals surface area contributed by atoms with Crippen LogP contribution in [0.3, 0.4) is 0 Å². The van der Waals surface area contributed by atoms with Gasteiger partial charge in [0.25, 0.3) is 0 Å². The van der Waals surface area contributed by atoms with Crippen LogP contribution in [0, 0.1) is 0 Å². The summed E-state index contributed by atoms with van der Waals surface area (Å²) in [7, 11) is 1.61. The largest absolute Gasteiger partial charge is 0.496 e. The SMILES string of the molecule is COc1ccc(-c2ncn[nH]2)cc1-c1ncn[nH]1. The van der Waals surface area contributed by atoms with Crippen molar-refractivity contribution in [2.45, 2.75) is 0 Å². The van der Waals surface area contributed by atoms with Gasteiger partial charge in [-0.25, -0.2) is 9.97 Å². The quantitative estimate of drug-likeness (QED) is 0.721. The van der Waals surface area contributed by atoms with Crippen LogP contribution < -0.4 is 4.74 Å². The third-order valence-corrected chi connectivity index (χ3v) is 2.56. The average molecular weight is 242 g/mol. The van der Waals surface area contributed by atoms with E-state index in [0.717, 1.165) is 16.9 Å². The number of nitrogens with one attached hydrogen (secondary N) is 2. The summed E-state index contributed by atoms with van der Waals surface area (Å²) >= 11 is 0. The highest BCUT2D eigenvalue weighted by molar-refractivity contribution is 5.71. The minimum Gasteiger partial charge on any atom is -0.496 e. The van der Waals surface area contributed by atoms with Crippen LogP contribution >= 0.6 is 0 Å². The van der Waals surface area contributed by atoms with Gasteiger partial charge in [-0.1, -0.05) is 0 Å². The lowest BCUT2D eigenvalue weighted by molar-refractivity contribution is 0.416. The lowest BCUT2D eigenvalue weighted by Crippen LogP contribution is -1.91. The monoisotopic (exact) mass is 242 g/mol. The summed E-state index contributed by atoms with van der Waals surface area (Å²) in [6.45, 7) is 0. The van der Waals surface area contributed by atoms with Crippen LogP contribution in [0.25, 0.3) is 22.8 Å². The summed E-state index contributed by atoms with van der Waals surface area (Å²) in [5, 5.41) is 13.3. The first-order valence-electron chi connectivity index (χ1n) is 5.28. The molecule has 2 aromatic heterocycles. The first-order chi connectivity index (χ1) is 8.88. The van der Waals surface area contributed by atoms with Crippen molar-refractivity contribution < 1.29 is 4.74 Å². The molecule has 0 fully saturated rings. The molecule has 90 valence electrons. The van der Waals surface area contributed by atoms with Gasteiger partial charge in [0.2, 0.25) is 0 Å². The minimum atomic E-state index is 0.646. The van der Waals surface area contributed by atoms with Gasteiger partial charge < -0.3 is 4.74 Å². The third-order valence-electron chi connectivity index (χ3n) is 2.56. The number of H-pyrrole nitrogens is 2. The zero-order valence-corrected chi connectivity index (χ0v) is 9.58. The first-order valence-corrected chi connectivity index (χ1v) is 5.28. The Morgan fingerprint density at radius 1 is 1.00 bits per heavy atom. The van der Waals surface area contributed by atoms with E-state index in [-0.39, 0.29) is 0 Å². The van der Waals surface area contributed by atoms with Crippen molar-refractivity contribution in [1.82, 2.24) is 30.4 Å². The number of aromatic nitrogens is 6. The van der Waals surface area contributed by atoms with E-state index in [0.29, 0.717) is 11.6 Å². The van der Waals surface area contributed by atoms with E-state index >= 15 is 0 Å². The second kappa shape index (κ2) is 4.28. The summed E-state index contributed by atoms with van der Waals surface area (Å²) < 4.78 is 5.31. The van der Waals surface area contributed by atoms with E-state index < -0.39 is 0 Å². The maximum atomic E-state index is 5.31. The summed E-state index contributed by atoms with van der Waals surface area (Å²) in [5.74, 6) is 2.06. The molecule has 0 atom stereocenters. The van der Waals surface area contributed by atoms with Crippen molar-refractivity contribution in [2.75, 3.05) is 7.11 Å². The van der Waals surface area contributed by atoms with Gasteiger partial charge in [-0.15, -0.1) is 0 Å². The Morgan fingerprint density at radius 2 is 1.72 bits per heavy atom. The fraction of sp³-hybridized carbons (Fsp3) is 0.0909. The molecule has 0 amide bonds. The maximum absolute atomic E-state index is 5.31. The van der Waals surface area contributed by atoms with Crippen LogP contribution in [0.1, 0.15) is 0 Å². The minimum absolute atomic E-state index is 0.646. The summed E-state index contributed by atoms with van der Waals surface area (Å²) in [4.78, 5) is 8.24. The summed E-state index contributed by atoms with van der Waals surface area (Å²) in [5.41, 5.74) is 1.73. The maximum Gasteiger partial charge on any atom is 0.159 e. The van der Waals surface area contributed by atoms with Crippen molar-refractivity contribution in [3.8, 4) is 28.5 Å². The highest BCUT2D eigenvalue weighted by Gasteiger charge is 2.11. The molecule has 3 rings (SSSR count). The van der Waals surface area contributed by atoms with Crippen LogP contribution in [0.4, 0.5) is 0 Å². The Morgan fingerprint density at radius 3 is 2.33 bits per heavy atom. The molecule has 2 heterocycles. The van der Waals surface area contributed by atoms with E-state index in [9.17, 15) is 0 Å². The van der Waals surface area contributed by atoms with Crippen molar-refractivity contribution in [3.05, 3.63) is 30.9 Å². The van der Waals surface area contributed by atoms with E-state index in [1.165, 1.54) is 12.7 Å². The number of hydrogen-bond donors (Lipinski definition) is 2. The van der Waals surface area contributed by atoms with E-state index in [4.69, 9.17) is 4.74 Å². The van der Waals surface area contributed by atoms with Crippen LogP contribution in [0.2, 0.25) is 0 Å². The number of aromatic amines is 2. The first kappa shape index (κ1) is 10.5. The lowest BCUT2D eigenvalue weighted by atomic mass is 10.1. The molecule has 18 heavy (non-hydrogen) atoms. The summed E-state index contributed by atoms with van der Waals surface area (Å²) in [6, 6.07) is 5.68. The highest BCUT2D eigenvalue weighted by Crippen LogP contribution is 2.30. The highest BCUT2D eigenvalue weighted by atomic mass is 16.5. The molecule has 0 aliphatic rings. The normalized spacial score (nSPS) is 10.5. The molecule has 3 aromatic rings. The lowest BCUT2D eigenvalue weighted by Gasteiger charge is -2.07. The van der Waals surface area contributed by atoms with Crippen molar-refractivity contribution in [2.24, 2.45) is 0 Å². The Hall–Kier alpha value is -2.70. The van der Waals surface area contributed by atoms with Gasteiger partial charge in [-0.3, -0.25) is 10.2 Å². The molecule has 0 bridgehead atoms. The van der Waals surface area contributed by atoms with Crippen LogP contribution in [0.15, 0.2) is 30.9 Å². The van der Waals surface area contributed by atoms with Gasteiger partial charge in [0.15, 0.2) is 11.6 Å². The summed E-state index contributed by atoms with van der Waals surface area (Å²) in [6.07, 6.45) is 2.92. The van der Waals surface area contributed by atoms with Crippen molar-refractivity contribution >= 4 is 0 Å². The fourth-order valence-electron chi connectivity index (χ4n) is 1.72. The Balaban J connectivity index is 2.14. The van der Waals surface area contributed by atoms with Gasteiger partial charge in [0.1, 0.15) is 18.4 Å². The van der Waals surface area contributed by atoms with Gasteiger partial charge in [0.05, 0.1) is 12.7 Å². The van der Waals surface area contributed by atoms with Crippen LogP contribution in [-0.2, 0) is 0 Å². The Bertz CT molecular complexity index is 632. The third kappa shape index (κ3) is 1.71. The molecule has 0 saturated carbocycles. The Kier molecular flexibility index (Phi) is 2.49. The molecule has 1 aromatic carbocycles. The van der Waals surface area contributed by atoms with Gasteiger partial charge in [-0.05, 0) is 18.2 Å². The number of nitrogens with zero attached hydrogens (tertiary/aromatic N) is 4. The standard InChI is InChI=1S/C11H10N6O/c1-18-9-3-2-7(10-12-5-14-16-10)4-8(9)11-13-6-15-17-11/h2-6H,1H3,(H,12,14,16)(H,13,15,17). The molecule has 7 nitrogen and oxygen atoms in total. The molecule has 0 radical (unpaired) electrons. The van der Waals surface area contributed by atoms with Gasteiger partial charge in [0, 0.05) is 5.56 Å². The number of benzene rings is 1. The van der Waals surface area contributed by atoms with Crippen molar-refractivity contribution in [3.63, 3.8) is 0 Å². The second-order valence-corrected chi connectivity index (χ2v) is 3.58. The molecule has 7 heteroatoms. The topological polar surface area (TPSA) is 92.4 Å². The second-order valence-electron chi connectivity index (χ2n) is 3.58. The number of methoxy groups -OCH3 is 1. The zero-order chi connectivity index (χ0) is 12.4. The van der Waals surface area contributed by atoms with Crippen LogP contribution in [0.5, 0.6) is 5.75 Å². The molecule has 2 N–H and O–H groups in total. The molecule has 0 unspecified atom stereocenters. The molecule has 0 aliphatic carbocycles. The molecular weight excluding hydrogens is 232 g/mol. The fourth-order valence-corrected chi connectivity index (χ4v) is 1.72. The molecular formula is C11H10N6O. The number of hydrogen-bond acceptors (Lipinski definition) is 5. The molecule has 0 aliphatic heterocycles. The zero-order valence-electron chi connectivity index (χ0n) is 9.58. The Labute approximate surface area is 102 Å². The molecule has 0 saturated heterocycles. The predicted molar refractivity (Wildman–Crippen MR) is 63.7 cm³/mol. The van der Waals surface area contributed by atoms with Crippen molar-refractivity contribution in [1.29, 1.82) is 0 Å². The number of ether oxygens (including phenoxy) is 1. The predicted octanol–water partition coefficient (Wildman–Crippen LogP) is 1.27. The van der Waals surface area contributed by atoms with E-state index in [1.54, 1.807) is 7.11 Å². The molecule has 0 spiro atoms. The average Bonchev–Trinajstić information content (AvgIpc) is 3.11. The van der Waals surface area contributed by atoms with Gasteiger partial charge >= 0.3 is 0 Å². The van der Waals surface area contributed by atoms with E-state index in [2.05, 4.69) is 30.4 Å². The van der Waals surface area contributed by atoms with E-state index in [1.807, 2.05) is 18.2 Å². The number of rotatable bonds is 3. The van der Waals surface area contributed by atoms with Gasteiger partial charge in [-0.2, -0.15) is 10.2 Å². The smallest absolute Gasteiger partial charge is 0.159 e.